The van der Waals surface area contributed by atoms with Crippen molar-refractivity contribution in [3.8, 4) is 0 Å². The van der Waals surface area contributed by atoms with Crippen LogP contribution >= 0.6 is 0 Å². The molecule has 0 aliphatic carbocycles. The standard InChI is InChI=1S/C11H18N2O2S/c1-6(2)16(14,15)10-5-9(12)7(3)11(13)8(10)4/h5-6H,12-13H2,1-4H3. The zero-order valence-electron chi connectivity index (χ0n) is 10.0. The van der Waals surface area contributed by atoms with Crippen molar-refractivity contribution in [2.24, 2.45) is 0 Å². The number of rotatable bonds is 2. The number of benzene rings is 1. The Hall–Kier alpha value is -1.23. The highest BCUT2D eigenvalue weighted by atomic mass is 32.2. The molecule has 0 amide bonds. The van der Waals surface area contributed by atoms with Crippen LogP contribution in [0.4, 0.5) is 11.4 Å². The van der Waals surface area contributed by atoms with Crippen LogP contribution in [0.5, 0.6) is 0 Å². The molecule has 0 saturated heterocycles. The lowest BCUT2D eigenvalue weighted by molar-refractivity contribution is 0.587. The summed E-state index contributed by atoms with van der Waals surface area (Å²) in [6.45, 7) is 6.77. The van der Waals surface area contributed by atoms with Gasteiger partial charge < -0.3 is 11.5 Å². The molecule has 0 spiro atoms. The third kappa shape index (κ3) is 1.87. The molecule has 0 radical (unpaired) electrons. The SMILES string of the molecule is Cc1c(N)cc(S(=O)(=O)C(C)C)c(C)c1N. The van der Waals surface area contributed by atoms with Crippen LogP contribution in [0.3, 0.4) is 0 Å². The molecule has 90 valence electrons. The first kappa shape index (κ1) is 12.8. The third-order valence-corrected chi connectivity index (χ3v) is 5.10. The van der Waals surface area contributed by atoms with Gasteiger partial charge in [-0.3, -0.25) is 0 Å². The van der Waals surface area contributed by atoms with Gasteiger partial charge in [-0.05, 0) is 44.9 Å². The maximum atomic E-state index is 12.1. The number of hydrogen-bond donors (Lipinski definition) is 2. The molecule has 0 aliphatic rings. The van der Waals surface area contributed by atoms with Gasteiger partial charge in [-0.15, -0.1) is 0 Å². The van der Waals surface area contributed by atoms with Gasteiger partial charge in [-0.1, -0.05) is 0 Å². The molecule has 1 aromatic carbocycles. The van der Waals surface area contributed by atoms with Gasteiger partial charge >= 0.3 is 0 Å². The minimum Gasteiger partial charge on any atom is -0.398 e. The van der Waals surface area contributed by atoms with Gasteiger partial charge in [0.05, 0.1) is 10.1 Å². The summed E-state index contributed by atoms with van der Waals surface area (Å²) in [5, 5.41) is -0.479. The van der Waals surface area contributed by atoms with Crippen LogP contribution in [0.1, 0.15) is 25.0 Å². The highest BCUT2D eigenvalue weighted by Crippen LogP contribution is 2.30. The second-order valence-electron chi connectivity index (χ2n) is 4.22. The molecular weight excluding hydrogens is 224 g/mol. The number of nitrogen functional groups attached to an aromatic ring is 2. The summed E-state index contributed by atoms with van der Waals surface area (Å²) < 4.78 is 24.1. The predicted octanol–water partition coefficient (Wildman–Crippen LogP) is 1.65. The summed E-state index contributed by atoms with van der Waals surface area (Å²) in [6, 6.07) is 1.50. The van der Waals surface area contributed by atoms with E-state index < -0.39 is 15.1 Å². The summed E-state index contributed by atoms with van der Waals surface area (Å²) in [5.41, 5.74) is 13.8. The molecule has 5 heteroatoms. The Morgan fingerprint density at radius 2 is 1.62 bits per heavy atom. The van der Waals surface area contributed by atoms with Crippen molar-refractivity contribution in [2.75, 3.05) is 11.5 Å². The first-order valence-corrected chi connectivity index (χ1v) is 6.63. The van der Waals surface area contributed by atoms with Crippen LogP contribution in [0, 0.1) is 13.8 Å². The average molecular weight is 242 g/mol. The van der Waals surface area contributed by atoms with Crippen LogP contribution in [0.2, 0.25) is 0 Å². The van der Waals surface area contributed by atoms with Crippen molar-refractivity contribution >= 4 is 21.2 Å². The maximum absolute atomic E-state index is 12.1. The molecule has 0 fully saturated rings. The lowest BCUT2D eigenvalue weighted by Gasteiger charge is -2.15. The number of hydrogen-bond acceptors (Lipinski definition) is 4. The quantitative estimate of drug-likeness (QED) is 0.772. The Kier molecular flexibility index (Phi) is 3.19. The Labute approximate surface area is 96.6 Å². The van der Waals surface area contributed by atoms with Crippen molar-refractivity contribution in [3.63, 3.8) is 0 Å². The lowest BCUT2D eigenvalue weighted by atomic mass is 10.1. The fourth-order valence-corrected chi connectivity index (χ4v) is 2.81. The minimum atomic E-state index is -3.33. The van der Waals surface area contributed by atoms with Gasteiger partial charge in [-0.2, -0.15) is 0 Å². The molecule has 4 N–H and O–H groups in total. The molecule has 0 aliphatic heterocycles. The molecular formula is C11H18N2O2S. The van der Waals surface area contributed by atoms with E-state index in [1.807, 2.05) is 0 Å². The van der Waals surface area contributed by atoms with Crippen molar-refractivity contribution in [1.82, 2.24) is 0 Å². The molecule has 4 nitrogen and oxygen atoms in total. The van der Waals surface area contributed by atoms with E-state index in [1.54, 1.807) is 27.7 Å². The van der Waals surface area contributed by atoms with Crippen LogP contribution in [0.25, 0.3) is 0 Å². The van der Waals surface area contributed by atoms with Crippen LogP contribution in [-0.4, -0.2) is 13.7 Å². The van der Waals surface area contributed by atoms with Gasteiger partial charge in [0.1, 0.15) is 0 Å². The van der Waals surface area contributed by atoms with Crippen molar-refractivity contribution < 1.29 is 8.42 Å². The van der Waals surface area contributed by atoms with E-state index in [2.05, 4.69) is 0 Å². The Morgan fingerprint density at radius 1 is 1.12 bits per heavy atom. The van der Waals surface area contributed by atoms with Gasteiger partial charge in [0.25, 0.3) is 0 Å². The fourth-order valence-electron chi connectivity index (χ4n) is 1.48. The summed E-state index contributed by atoms with van der Waals surface area (Å²) in [5.74, 6) is 0. The van der Waals surface area contributed by atoms with E-state index in [-0.39, 0.29) is 4.90 Å². The second kappa shape index (κ2) is 3.97. The number of anilines is 2. The Bertz CT molecular complexity index is 519. The Morgan fingerprint density at radius 3 is 2.06 bits per heavy atom. The molecule has 0 bridgehead atoms. The van der Waals surface area contributed by atoms with E-state index >= 15 is 0 Å². The zero-order valence-corrected chi connectivity index (χ0v) is 10.9. The molecule has 1 rings (SSSR count). The lowest BCUT2D eigenvalue weighted by Crippen LogP contribution is -2.17. The smallest absolute Gasteiger partial charge is 0.181 e. The van der Waals surface area contributed by atoms with Gasteiger partial charge in [0.15, 0.2) is 9.84 Å². The molecule has 0 heterocycles. The highest BCUT2D eigenvalue weighted by Gasteiger charge is 2.23. The minimum absolute atomic E-state index is 0.239. The van der Waals surface area contributed by atoms with Gasteiger partial charge in [-0.25, -0.2) is 8.42 Å². The average Bonchev–Trinajstić information content (AvgIpc) is 2.19. The van der Waals surface area contributed by atoms with Gasteiger partial charge in [0, 0.05) is 11.4 Å². The topological polar surface area (TPSA) is 86.2 Å². The second-order valence-corrected chi connectivity index (χ2v) is 6.69. The number of sulfone groups is 1. The summed E-state index contributed by atoms with van der Waals surface area (Å²) >= 11 is 0. The first-order valence-electron chi connectivity index (χ1n) is 5.08. The molecule has 0 unspecified atom stereocenters. The molecule has 0 atom stereocenters. The van der Waals surface area contributed by atoms with E-state index in [0.29, 0.717) is 16.9 Å². The van der Waals surface area contributed by atoms with Crippen LogP contribution in [-0.2, 0) is 9.84 Å². The van der Waals surface area contributed by atoms with Crippen LogP contribution < -0.4 is 11.5 Å². The zero-order chi connectivity index (χ0) is 12.7. The largest absolute Gasteiger partial charge is 0.398 e. The summed E-state index contributed by atoms with van der Waals surface area (Å²) in [6.07, 6.45) is 0. The van der Waals surface area contributed by atoms with E-state index in [0.717, 1.165) is 5.56 Å². The molecule has 16 heavy (non-hydrogen) atoms. The highest BCUT2D eigenvalue weighted by molar-refractivity contribution is 7.92. The monoisotopic (exact) mass is 242 g/mol. The molecule has 0 saturated carbocycles. The normalized spacial score (nSPS) is 12.1. The van der Waals surface area contributed by atoms with Crippen molar-refractivity contribution in [3.05, 3.63) is 17.2 Å². The van der Waals surface area contributed by atoms with Crippen LogP contribution in [0.15, 0.2) is 11.0 Å². The third-order valence-electron chi connectivity index (χ3n) is 2.82. The first-order chi connectivity index (χ1) is 7.19. The Balaban J connectivity index is 3.61. The summed E-state index contributed by atoms with van der Waals surface area (Å²) in [7, 11) is -3.33. The van der Waals surface area contributed by atoms with E-state index in [9.17, 15) is 8.42 Å². The van der Waals surface area contributed by atoms with E-state index in [4.69, 9.17) is 11.5 Å². The molecule has 1 aromatic rings. The summed E-state index contributed by atoms with van der Waals surface area (Å²) in [4.78, 5) is 0.239. The number of nitrogens with two attached hydrogens (primary N) is 2. The van der Waals surface area contributed by atoms with Gasteiger partial charge in [0.2, 0.25) is 0 Å². The van der Waals surface area contributed by atoms with Crippen molar-refractivity contribution in [1.29, 1.82) is 0 Å². The van der Waals surface area contributed by atoms with Crippen molar-refractivity contribution in [2.45, 2.75) is 37.8 Å². The predicted molar refractivity (Wildman–Crippen MR) is 67.1 cm³/mol. The maximum Gasteiger partial charge on any atom is 0.181 e. The fraction of sp³-hybridized carbons (Fsp3) is 0.455. The molecule has 0 aromatic heterocycles. The van der Waals surface area contributed by atoms with E-state index in [1.165, 1.54) is 6.07 Å².